The Hall–Kier alpha value is -2.10. The first kappa shape index (κ1) is 11.4. The maximum absolute atomic E-state index is 11.4. The summed E-state index contributed by atoms with van der Waals surface area (Å²) in [5.41, 5.74) is 0.971. The molecular weight excluding hydrogens is 218 g/mol. The Kier molecular flexibility index (Phi) is 3.23. The SMILES string of the molecule is CC(=O)NC1C/C(=C/c2ccccc2)OC1=O. The fourth-order valence-corrected chi connectivity index (χ4v) is 1.71. The van der Waals surface area contributed by atoms with Crippen LogP contribution >= 0.6 is 0 Å². The van der Waals surface area contributed by atoms with Crippen LogP contribution in [0.15, 0.2) is 36.1 Å². The van der Waals surface area contributed by atoms with Crippen molar-refractivity contribution < 1.29 is 14.3 Å². The van der Waals surface area contributed by atoms with E-state index in [1.807, 2.05) is 30.3 Å². The van der Waals surface area contributed by atoms with Crippen molar-refractivity contribution in [1.29, 1.82) is 0 Å². The highest BCUT2D eigenvalue weighted by Crippen LogP contribution is 2.21. The number of cyclic esters (lactones) is 1. The van der Waals surface area contributed by atoms with Crippen molar-refractivity contribution in [2.75, 3.05) is 0 Å². The lowest BCUT2D eigenvalue weighted by Gasteiger charge is -2.03. The van der Waals surface area contributed by atoms with E-state index in [-0.39, 0.29) is 5.91 Å². The minimum Gasteiger partial charge on any atom is -0.429 e. The van der Waals surface area contributed by atoms with E-state index < -0.39 is 12.0 Å². The van der Waals surface area contributed by atoms with Crippen molar-refractivity contribution in [3.05, 3.63) is 41.7 Å². The van der Waals surface area contributed by atoms with Crippen molar-refractivity contribution in [1.82, 2.24) is 5.32 Å². The number of esters is 1. The average Bonchev–Trinajstić information content (AvgIpc) is 2.59. The number of amides is 1. The third-order valence-corrected chi connectivity index (χ3v) is 2.43. The molecule has 4 nitrogen and oxygen atoms in total. The Morgan fingerprint density at radius 1 is 1.41 bits per heavy atom. The molecule has 1 aliphatic heterocycles. The molecule has 1 saturated heterocycles. The first-order chi connectivity index (χ1) is 8.15. The number of rotatable bonds is 2. The molecule has 1 aromatic carbocycles. The molecule has 0 aliphatic carbocycles. The molecule has 0 saturated carbocycles. The molecule has 88 valence electrons. The lowest BCUT2D eigenvalue weighted by atomic mass is 10.1. The number of hydrogen-bond donors (Lipinski definition) is 1. The molecule has 0 bridgehead atoms. The lowest BCUT2D eigenvalue weighted by molar-refractivity contribution is -0.139. The normalized spacial score (nSPS) is 21.4. The Morgan fingerprint density at radius 3 is 2.76 bits per heavy atom. The van der Waals surface area contributed by atoms with Gasteiger partial charge in [0.1, 0.15) is 11.8 Å². The van der Waals surface area contributed by atoms with Gasteiger partial charge in [0, 0.05) is 13.3 Å². The Labute approximate surface area is 99.3 Å². The third kappa shape index (κ3) is 2.93. The van der Waals surface area contributed by atoms with Crippen LogP contribution < -0.4 is 5.32 Å². The van der Waals surface area contributed by atoms with E-state index in [4.69, 9.17) is 4.74 Å². The summed E-state index contributed by atoms with van der Waals surface area (Å²) in [6.45, 7) is 1.38. The Morgan fingerprint density at radius 2 is 2.12 bits per heavy atom. The molecule has 1 heterocycles. The molecule has 0 spiro atoms. The van der Waals surface area contributed by atoms with Crippen LogP contribution in [0.2, 0.25) is 0 Å². The van der Waals surface area contributed by atoms with Gasteiger partial charge < -0.3 is 10.1 Å². The lowest BCUT2D eigenvalue weighted by Crippen LogP contribution is -2.36. The van der Waals surface area contributed by atoms with E-state index in [2.05, 4.69) is 5.32 Å². The highest BCUT2D eigenvalue weighted by Gasteiger charge is 2.31. The van der Waals surface area contributed by atoms with E-state index in [9.17, 15) is 9.59 Å². The summed E-state index contributed by atoms with van der Waals surface area (Å²) in [6.07, 6.45) is 2.22. The monoisotopic (exact) mass is 231 g/mol. The second kappa shape index (κ2) is 4.82. The molecule has 1 fully saturated rings. The quantitative estimate of drug-likeness (QED) is 0.784. The number of carbonyl (C=O) groups excluding carboxylic acids is 2. The zero-order valence-corrected chi connectivity index (χ0v) is 9.47. The first-order valence-corrected chi connectivity index (χ1v) is 5.39. The summed E-state index contributed by atoms with van der Waals surface area (Å²) in [5, 5.41) is 2.55. The van der Waals surface area contributed by atoms with Crippen LogP contribution in [0.1, 0.15) is 18.9 Å². The number of ether oxygens (including phenoxy) is 1. The van der Waals surface area contributed by atoms with Crippen molar-refractivity contribution in [2.24, 2.45) is 0 Å². The van der Waals surface area contributed by atoms with Crippen molar-refractivity contribution in [3.63, 3.8) is 0 Å². The van der Waals surface area contributed by atoms with Crippen molar-refractivity contribution in [3.8, 4) is 0 Å². The molecule has 0 radical (unpaired) electrons. The van der Waals surface area contributed by atoms with Crippen LogP contribution in [0.25, 0.3) is 6.08 Å². The summed E-state index contributed by atoms with van der Waals surface area (Å²) in [5.74, 6) is -0.0461. The summed E-state index contributed by atoms with van der Waals surface area (Å²) in [4.78, 5) is 22.3. The number of hydrogen-bond acceptors (Lipinski definition) is 3. The second-order valence-electron chi connectivity index (χ2n) is 3.90. The maximum atomic E-state index is 11.4. The van der Waals surface area contributed by atoms with Crippen molar-refractivity contribution >= 4 is 18.0 Å². The van der Waals surface area contributed by atoms with Gasteiger partial charge in [-0.1, -0.05) is 30.3 Å². The predicted octanol–water partition coefficient (Wildman–Crippen LogP) is 1.48. The molecule has 17 heavy (non-hydrogen) atoms. The number of carbonyl (C=O) groups is 2. The van der Waals surface area contributed by atoms with Crippen LogP contribution in [0.5, 0.6) is 0 Å². The molecule has 1 aliphatic rings. The molecule has 1 atom stereocenters. The molecule has 0 aromatic heterocycles. The average molecular weight is 231 g/mol. The van der Waals surface area contributed by atoms with Gasteiger partial charge in [0.05, 0.1) is 0 Å². The molecule has 1 amide bonds. The molecule has 4 heteroatoms. The van der Waals surface area contributed by atoms with E-state index >= 15 is 0 Å². The largest absolute Gasteiger partial charge is 0.429 e. The fraction of sp³-hybridized carbons (Fsp3) is 0.231. The number of benzene rings is 1. The van der Waals surface area contributed by atoms with Gasteiger partial charge in [0.2, 0.25) is 5.91 Å². The Balaban J connectivity index is 2.08. The molecule has 2 rings (SSSR count). The maximum Gasteiger partial charge on any atom is 0.334 e. The van der Waals surface area contributed by atoms with E-state index in [1.54, 1.807) is 6.08 Å². The smallest absolute Gasteiger partial charge is 0.334 e. The summed E-state index contributed by atoms with van der Waals surface area (Å²) < 4.78 is 5.09. The van der Waals surface area contributed by atoms with Gasteiger partial charge in [-0.05, 0) is 11.6 Å². The Bertz CT molecular complexity index is 465. The van der Waals surface area contributed by atoms with Crippen LogP contribution in [-0.2, 0) is 14.3 Å². The van der Waals surface area contributed by atoms with Gasteiger partial charge in [0.25, 0.3) is 0 Å². The van der Waals surface area contributed by atoms with Gasteiger partial charge >= 0.3 is 5.97 Å². The molecular formula is C13H13NO3. The topological polar surface area (TPSA) is 55.4 Å². The van der Waals surface area contributed by atoms with Gasteiger partial charge in [0.15, 0.2) is 0 Å². The number of nitrogens with one attached hydrogen (secondary N) is 1. The van der Waals surface area contributed by atoms with Gasteiger partial charge in [-0.3, -0.25) is 4.79 Å². The van der Waals surface area contributed by atoms with E-state index in [1.165, 1.54) is 6.92 Å². The molecule has 1 unspecified atom stereocenters. The summed E-state index contributed by atoms with van der Waals surface area (Å²) in [6, 6.07) is 9.03. The van der Waals surface area contributed by atoms with Crippen molar-refractivity contribution in [2.45, 2.75) is 19.4 Å². The fourth-order valence-electron chi connectivity index (χ4n) is 1.71. The summed E-state index contributed by atoms with van der Waals surface area (Å²) in [7, 11) is 0. The van der Waals surface area contributed by atoms with Gasteiger partial charge in [-0.2, -0.15) is 0 Å². The molecule has 1 aromatic rings. The summed E-state index contributed by atoms with van der Waals surface area (Å²) >= 11 is 0. The predicted molar refractivity (Wildman–Crippen MR) is 62.7 cm³/mol. The minimum absolute atomic E-state index is 0.229. The highest BCUT2D eigenvalue weighted by molar-refractivity contribution is 5.86. The standard InChI is InChI=1S/C13H13NO3/c1-9(15)14-12-8-11(17-13(12)16)7-10-5-3-2-4-6-10/h2-7,12H,8H2,1H3,(H,14,15)/b11-7-. The second-order valence-corrected chi connectivity index (χ2v) is 3.90. The molecule has 1 N–H and O–H groups in total. The zero-order valence-electron chi connectivity index (χ0n) is 9.47. The first-order valence-electron chi connectivity index (χ1n) is 5.39. The van der Waals surface area contributed by atoms with E-state index in [0.717, 1.165) is 5.56 Å². The van der Waals surface area contributed by atoms with Crippen LogP contribution in [0.4, 0.5) is 0 Å². The zero-order chi connectivity index (χ0) is 12.3. The highest BCUT2D eigenvalue weighted by atomic mass is 16.5. The van der Waals surface area contributed by atoms with Gasteiger partial charge in [-0.15, -0.1) is 0 Å². The third-order valence-electron chi connectivity index (χ3n) is 2.43. The van der Waals surface area contributed by atoms with Gasteiger partial charge in [-0.25, -0.2) is 4.79 Å². The van der Waals surface area contributed by atoms with E-state index in [0.29, 0.717) is 12.2 Å². The van der Waals surface area contributed by atoms with Crippen LogP contribution in [0, 0.1) is 0 Å². The van der Waals surface area contributed by atoms with Crippen LogP contribution in [0.3, 0.4) is 0 Å². The van der Waals surface area contributed by atoms with Crippen LogP contribution in [-0.4, -0.2) is 17.9 Å². The minimum atomic E-state index is -0.553.